The molecular weight excluding hydrogens is 310 g/mol. The van der Waals surface area contributed by atoms with Gasteiger partial charge in [0.05, 0.1) is 21.8 Å². The van der Waals surface area contributed by atoms with E-state index in [1.165, 1.54) is 6.07 Å². The highest BCUT2D eigenvalue weighted by Gasteiger charge is 2.13. The van der Waals surface area contributed by atoms with E-state index in [2.05, 4.69) is 10.3 Å². The Morgan fingerprint density at radius 2 is 2.14 bits per heavy atom. The number of aromatic nitrogens is 1. The first kappa shape index (κ1) is 14.1. The second-order valence-corrected chi connectivity index (χ2v) is 7.26. The van der Waals surface area contributed by atoms with Gasteiger partial charge in [-0.2, -0.15) is 0 Å². The Morgan fingerprint density at radius 1 is 1.33 bits per heavy atom. The lowest BCUT2D eigenvalue weighted by Gasteiger charge is -2.04. The molecule has 110 valence electrons. The van der Waals surface area contributed by atoms with Crippen LogP contribution in [0.15, 0.2) is 39.8 Å². The molecule has 3 N–H and O–H groups in total. The average Bonchev–Trinajstić information content (AvgIpc) is 3.00. The largest absolute Gasteiger partial charge is 0.446 e. The number of sulfonamides is 1. The highest BCUT2D eigenvalue weighted by Crippen LogP contribution is 2.25. The third-order valence-electron chi connectivity index (χ3n) is 2.88. The molecule has 0 fully saturated rings. The smallest absolute Gasteiger partial charge is 0.271 e. The Hall–Kier alpha value is -1.90. The summed E-state index contributed by atoms with van der Waals surface area (Å²) in [5.41, 5.74) is 1.89. The zero-order valence-corrected chi connectivity index (χ0v) is 12.8. The van der Waals surface area contributed by atoms with Crippen LogP contribution in [0.3, 0.4) is 0 Å². The number of nitrogens with zero attached hydrogens (tertiary/aromatic N) is 1. The Kier molecular flexibility index (Phi) is 3.44. The van der Waals surface area contributed by atoms with Crippen molar-refractivity contribution in [1.82, 2.24) is 4.98 Å². The minimum Gasteiger partial charge on any atom is -0.446 e. The van der Waals surface area contributed by atoms with Crippen LogP contribution < -0.4 is 10.5 Å². The maximum atomic E-state index is 11.1. The second-order valence-electron chi connectivity index (χ2n) is 4.53. The first-order chi connectivity index (χ1) is 9.91. The molecule has 21 heavy (non-hydrogen) atoms. The van der Waals surface area contributed by atoms with E-state index in [1.54, 1.807) is 17.4 Å². The fraction of sp³-hybridized carbons (Fsp3) is 0.154. The van der Waals surface area contributed by atoms with Gasteiger partial charge in [-0.15, -0.1) is 11.3 Å². The van der Waals surface area contributed by atoms with Crippen molar-refractivity contribution < 1.29 is 12.8 Å². The Labute approximate surface area is 125 Å². The van der Waals surface area contributed by atoms with E-state index in [4.69, 9.17) is 9.56 Å². The van der Waals surface area contributed by atoms with Gasteiger partial charge in [0.25, 0.3) is 10.0 Å². The lowest BCUT2D eigenvalue weighted by atomic mass is 10.3. The van der Waals surface area contributed by atoms with Crippen molar-refractivity contribution >= 4 is 37.3 Å². The maximum Gasteiger partial charge on any atom is 0.271 e. The van der Waals surface area contributed by atoms with Crippen LogP contribution in [0.25, 0.3) is 10.2 Å². The van der Waals surface area contributed by atoms with Crippen molar-refractivity contribution in [2.45, 2.75) is 18.6 Å². The molecule has 0 amide bonds. The van der Waals surface area contributed by atoms with E-state index in [-0.39, 0.29) is 5.09 Å². The molecule has 3 aromatic rings. The van der Waals surface area contributed by atoms with Gasteiger partial charge >= 0.3 is 0 Å². The number of benzene rings is 1. The van der Waals surface area contributed by atoms with Gasteiger partial charge in [-0.1, -0.05) is 0 Å². The molecule has 0 atom stereocenters. The van der Waals surface area contributed by atoms with E-state index >= 15 is 0 Å². The van der Waals surface area contributed by atoms with Crippen LogP contribution in [0.4, 0.5) is 5.69 Å². The predicted molar refractivity (Wildman–Crippen MR) is 81.8 cm³/mol. The minimum absolute atomic E-state index is 0.229. The summed E-state index contributed by atoms with van der Waals surface area (Å²) in [6.07, 6.45) is 0. The third-order valence-corrected chi connectivity index (χ3v) is 4.59. The molecule has 0 saturated heterocycles. The normalized spacial score (nSPS) is 11.9. The van der Waals surface area contributed by atoms with Gasteiger partial charge in [-0.05, 0) is 37.3 Å². The third kappa shape index (κ3) is 3.07. The van der Waals surface area contributed by atoms with Crippen LogP contribution >= 0.6 is 11.3 Å². The van der Waals surface area contributed by atoms with Gasteiger partial charge in [0.2, 0.25) is 5.09 Å². The van der Waals surface area contributed by atoms with Gasteiger partial charge in [0.1, 0.15) is 5.76 Å². The molecule has 0 unspecified atom stereocenters. The molecule has 0 aliphatic rings. The maximum absolute atomic E-state index is 11.1. The molecule has 0 radical (unpaired) electrons. The molecule has 0 aliphatic carbocycles. The quantitative estimate of drug-likeness (QED) is 0.768. The molecule has 2 heterocycles. The lowest BCUT2D eigenvalue weighted by Crippen LogP contribution is -2.10. The Morgan fingerprint density at radius 3 is 2.86 bits per heavy atom. The second kappa shape index (κ2) is 5.14. The van der Waals surface area contributed by atoms with Crippen LogP contribution in [-0.4, -0.2) is 13.4 Å². The predicted octanol–water partition coefficient (Wildman–Crippen LogP) is 2.46. The van der Waals surface area contributed by atoms with Crippen molar-refractivity contribution in [1.29, 1.82) is 0 Å². The summed E-state index contributed by atoms with van der Waals surface area (Å²) in [5.74, 6) is 0.500. The van der Waals surface area contributed by atoms with Crippen LogP contribution in [0.1, 0.15) is 10.8 Å². The van der Waals surface area contributed by atoms with Crippen LogP contribution in [0, 0.1) is 6.92 Å². The van der Waals surface area contributed by atoms with E-state index < -0.39 is 10.0 Å². The Balaban J connectivity index is 1.75. The lowest BCUT2D eigenvalue weighted by molar-refractivity contribution is 0.419. The van der Waals surface area contributed by atoms with E-state index in [0.717, 1.165) is 20.9 Å². The van der Waals surface area contributed by atoms with Crippen molar-refractivity contribution in [3.8, 4) is 0 Å². The molecular formula is C13H13N3O3S2. The number of nitrogens with one attached hydrogen (secondary N) is 1. The molecule has 3 rings (SSSR count). The van der Waals surface area contributed by atoms with Crippen molar-refractivity contribution in [2.24, 2.45) is 5.14 Å². The van der Waals surface area contributed by atoms with Gasteiger partial charge in [-0.3, -0.25) is 0 Å². The van der Waals surface area contributed by atoms with Gasteiger partial charge in [0, 0.05) is 5.69 Å². The van der Waals surface area contributed by atoms with Crippen molar-refractivity contribution in [3.05, 3.63) is 41.1 Å². The summed E-state index contributed by atoms with van der Waals surface area (Å²) in [6, 6.07) is 8.80. The number of anilines is 1. The van der Waals surface area contributed by atoms with Crippen LogP contribution in [-0.2, 0) is 16.6 Å². The summed E-state index contributed by atoms with van der Waals surface area (Å²) in [6.45, 7) is 2.34. The topological polar surface area (TPSA) is 98.2 Å². The number of fused-ring (bicyclic) bond motifs is 1. The average molecular weight is 323 g/mol. The summed E-state index contributed by atoms with van der Waals surface area (Å²) < 4.78 is 28.5. The number of primary sulfonamides is 1. The van der Waals surface area contributed by atoms with E-state index in [0.29, 0.717) is 12.3 Å². The number of hydrogen-bond donors (Lipinski definition) is 2. The van der Waals surface area contributed by atoms with E-state index in [9.17, 15) is 8.42 Å². The highest BCUT2D eigenvalue weighted by molar-refractivity contribution is 7.89. The zero-order chi connectivity index (χ0) is 15.0. The number of nitrogens with two attached hydrogens (primary N) is 1. The molecule has 0 aliphatic heterocycles. The summed E-state index contributed by atoms with van der Waals surface area (Å²) in [4.78, 5) is 4.39. The van der Waals surface area contributed by atoms with Crippen LogP contribution in [0.2, 0.25) is 0 Å². The summed E-state index contributed by atoms with van der Waals surface area (Å²) >= 11 is 1.63. The fourth-order valence-corrected chi connectivity index (χ4v) is 3.29. The number of furan rings is 1. The van der Waals surface area contributed by atoms with Crippen LogP contribution in [0.5, 0.6) is 0 Å². The molecule has 0 bridgehead atoms. The SMILES string of the molecule is Cc1nc2ccc(NCc3ccc(S(N)(=O)=O)o3)cc2s1. The summed E-state index contributed by atoms with van der Waals surface area (Å²) in [7, 11) is -3.79. The van der Waals surface area contributed by atoms with Gasteiger partial charge in [-0.25, -0.2) is 18.5 Å². The fourth-order valence-electron chi connectivity index (χ4n) is 1.95. The highest BCUT2D eigenvalue weighted by atomic mass is 32.2. The molecule has 8 heteroatoms. The first-order valence-corrected chi connectivity index (χ1v) is 8.51. The Bertz CT molecular complexity index is 896. The molecule has 0 spiro atoms. The number of thiazole rings is 1. The number of aryl methyl sites for hydroxylation is 1. The first-order valence-electron chi connectivity index (χ1n) is 6.14. The van der Waals surface area contributed by atoms with Gasteiger partial charge in [0.15, 0.2) is 0 Å². The minimum atomic E-state index is -3.79. The standard InChI is InChI=1S/C13H13N3O3S2/c1-8-16-11-4-2-9(6-12(11)20-8)15-7-10-3-5-13(19-10)21(14,17)18/h2-6,15H,7H2,1H3,(H2,14,17,18). The number of hydrogen-bond acceptors (Lipinski definition) is 6. The van der Waals surface area contributed by atoms with Gasteiger partial charge < -0.3 is 9.73 Å². The zero-order valence-electron chi connectivity index (χ0n) is 11.2. The molecule has 1 aromatic carbocycles. The number of rotatable bonds is 4. The van der Waals surface area contributed by atoms with Crippen molar-refractivity contribution in [3.63, 3.8) is 0 Å². The van der Waals surface area contributed by atoms with E-state index in [1.807, 2.05) is 25.1 Å². The molecule has 0 saturated carbocycles. The summed E-state index contributed by atoms with van der Waals surface area (Å²) in [5, 5.41) is 8.96. The molecule has 6 nitrogen and oxygen atoms in total. The molecule has 2 aromatic heterocycles. The van der Waals surface area contributed by atoms with Crippen molar-refractivity contribution in [2.75, 3.05) is 5.32 Å². The monoisotopic (exact) mass is 323 g/mol.